The zero-order chi connectivity index (χ0) is 11.1. The molecule has 0 bridgehead atoms. The zero-order valence-corrected chi connectivity index (χ0v) is 11.1. The molecule has 4 heteroatoms. The molecular weight excluding hydrogens is 318 g/mol. The van der Waals surface area contributed by atoms with E-state index in [-0.39, 0.29) is 5.82 Å². The molecule has 1 N–H and O–H groups in total. The number of benzene rings is 1. The second-order valence-corrected chi connectivity index (χ2v) is 5.67. The summed E-state index contributed by atoms with van der Waals surface area (Å²) < 4.78 is 14.3. The van der Waals surface area contributed by atoms with Crippen LogP contribution in [0.15, 0.2) is 12.1 Å². The lowest BCUT2D eigenvalue weighted by atomic mass is 9.98. The number of nitrogens with zero attached hydrogens (tertiary/aromatic N) is 1. The second-order valence-electron chi connectivity index (χ2n) is 4.51. The summed E-state index contributed by atoms with van der Waals surface area (Å²) in [5, 5.41) is 3.42. The number of halogens is 2. The number of hydrogen-bond acceptors (Lipinski definition) is 2. The summed E-state index contributed by atoms with van der Waals surface area (Å²) in [5.41, 5.74) is 2.14. The van der Waals surface area contributed by atoms with Gasteiger partial charge in [0.1, 0.15) is 5.82 Å². The summed E-state index contributed by atoms with van der Waals surface area (Å²) >= 11 is 2.04. The lowest BCUT2D eigenvalue weighted by molar-refractivity contribution is 0.465. The Balaban J connectivity index is 2.04. The molecular formula is C12H14FIN2. The molecule has 0 saturated carbocycles. The minimum absolute atomic E-state index is 0.104. The highest BCUT2D eigenvalue weighted by Crippen LogP contribution is 2.37. The van der Waals surface area contributed by atoms with Crippen molar-refractivity contribution in [1.29, 1.82) is 0 Å². The Morgan fingerprint density at radius 2 is 2.25 bits per heavy atom. The van der Waals surface area contributed by atoms with Gasteiger partial charge in [0.25, 0.3) is 0 Å². The van der Waals surface area contributed by atoms with Crippen molar-refractivity contribution in [3.63, 3.8) is 0 Å². The fraction of sp³-hybridized carbons (Fsp3) is 0.500. The summed E-state index contributed by atoms with van der Waals surface area (Å²) in [6.07, 6.45) is 3.74. The Hall–Kier alpha value is -0.520. The van der Waals surface area contributed by atoms with Gasteiger partial charge in [0, 0.05) is 25.2 Å². The van der Waals surface area contributed by atoms with E-state index in [4.69, 9.17) is 0 Å². The van der Waals surface area contributed by atoms with Crippen LogP contribution in [0.1, 0.15) is 19.3 Å². The Morgan fingerprint density at radius 3 is 3.12 bits per heavy atom. The molecule has 86 valence electrons. The van der Waals surface area contributed by atoms with E-state index in [0.717, 1.165) is 24.5 Å². The van der Waals surface area contributed by atoms with E-state index in [1.807, 2.05) is 28.7 Å². The second kappa shape index (κ2) is 4.05. The molecule has 2 aliphatic rings. The number of rotatable bonds is 0. The van der Waals surface area contributed by atoms with Crippen LogP contribution < -0.4 is 10.2 Å². The lowest BCUT2D eigenvalue weighted by Crippen LogP contribution is -2.47. The average Bonchev–Trinajstić information content (AvgIpc) is 2.31. The maximum absolute atomic E-state index is 13.6. The Labute approximate surface area is 108 Å². The van der Waals surface area contributed by atoms with Crippen LogP contribution in [-0.4, -0.2) is 19.1 Å². The van der Waals surface area contributed by atoms with Gasteiger partial charge >= 0.3 is 0 Å². The first-order valence-electron chi connectivity index (χ1n) is 5.75. The molecule has 2 nitrogen and oxygen atoms in total. The van der Waals surface area contributed by atoms with Gasteiger partial charge in [-0.1, -0.05) is 0 Å². The highest BCUT2D eigenvalue weighted by atomic mass is 127. The highest BCUT2D eigenvalue weighted by molar-refractivity contribution is 14.1. The molecule has 1 aromatic rings. The first kappa shape index (κ1) is 10.6. The topological polar surface area (TPSA) is 15.3 Å². The number of nitrogens with one attached hydrogen (secondary N) is 1. The molecule has 2 aliphatic heterocycles. The largest absolute Gasteiger partial charge is 0.381 e. The van der Waals surface area contributed by atoms with Crippen LogP contribution >= 0.6 is 22.6 Å². The summed E-state index contributed by atoms with van der Waals surface area (Å²) in [6.45, 7) is 2.06. The SMILES string of the molecule is Fc1cc2c(cc1I)NCC1CCCCN21. The Bertz CT molecular complexity index is 422. The van der Waals surface area contributed by atoms with Gasteiger partial charge in [0.2, 0.25) is 0 Å². The molecule has 1 saturated heterocycles. The summed E-state index contributed by atoms with van der Waals surface area (Å²) in [4.78, 5) is 2.37. The van der Waals surface area contributed by atoms with Crippen molar-refractivity contribution >= 4 is 34.0 Å². The Kier molecular flexibility index (Phi) is 2.69. The van der Waals surface area contributed by atoms with E-state index in [9.17, 15) is 4.39 Å². The van der Waals surface area contributed by atoms with E-state index in [2.05, 4.69) is 10.2 Å². The third kappa shape index (κ3) is 1.67. The molecule has 0 aromatic heterocycles. The van der Waals surface area contributed by atoms with Gasteiger partial charge in [-0.2, -0.15) is 0 Å². The zero-order valence-electron chi connectivity index (χ0n) is 8.97. The minimum atomic E-state index is -0.104. The van der Waals surface area contributed by atoms with E-state index < -0.39 is 0 Å². The normalized spacial score (nSPS) is 23.4. The minimum Gasteiger partial charge on any atom is -0.381 e. The monoisotopic (exact) mass is 332 g/mol. The van der Waals surface area contributed by atoms with Gasteiger partial charge < -0.3 is 10.2 Å². The third-order valence-corrected chi connectivity index (χ3v) is 4.33. The molecule has 0 spiro atoms. The van der Waals surface area contributed by atoms with Crippen molar-refractivity contribution in [2.45, 2.75) is 25.3 Å². The van der Waals surface area contributed by atoms with Crippen LogP contribution in [0.2, 0.25) is 0 Å². The molecule has 3 rings (SSSR count). The summed E-state index contributed by atoms with van der Waals surface area (Å²) in [6, 6.07) is 4.15. The third-order valence-electron chi connectivity index (χ3n) is 3.50. The van der Waals surface area contributed by atoms with Crippen molar-refractivity contribution in [3.8, 4) is 0 Å². The molecule has 0 amide bonds. The van der Waals surface area contributed by atoms with Gasteiger partial charge in [0.15, 0.2) is 0 Å². The van der Waals surface area contributed by atoms with Gasteiger partial charge in [-0.05, 0) is 47.9 Å². The number of anilines is 2. The Morgan fingerprint density at radius 1 is 1.38 bits per heavy atom. The predicted molar refractivity (Wildman–Crippen MR) is 72.6 cm³/mol. The summed E-state index contributed by atoms with van der Waals surface area (Å²) in [7, 11) is 0. The van der Waals surface area contributed by atoms with E-state index in [0.29, 0.717) is 9.61 Å². The number of fused-ring (bicyclic) bond motifs is 3. The maximum atomic E-state index is 13.6. The maximum Gasteiger partial charge on any atom is 0.138 e. The van der Waals surface area contributed by atoms with Crippen molar-refractivity contribution < 1.29 is 4.39 Å². The van der Waals surface area contributed by atoms with Crippen molar-refractivity contribution in [2.75, 3.05) is 23.3 Å². The van der Waals surface area contributed by atoms with E-state index >= 15 is 0 Å². The molecule has 1 atom stereocenters. The van der Waals surface area contributed by atoms with Gasteiger partial charge in [-0.3, -0.25) is 0 Å². The molecule has 0 aliphatic carbocycles. The van der Waals surface area contributed by atoms with Gasteiger partial charge in [-0.25, -0.2) is 4.39 Å². The van der Waals surface area contributed by atoms with Crippen LogP contribution in [-0.2, 0) is 0 Å². The fourth-order valence-electron chi connectivity index (χ4n) is 2.67. The van der Waals surface area contributed by atoms with Crippen LogP contribution in [0.3, 0.4) is 0 Å². The van der Waals surface area contributed by atoms with Gasteiger partial charge in [-0.15, -0.1) is 0 Å². The molecule has 1 fully saturated rings. The number of piperidine rings is 1. The van der Waals surface area contributed by atoms with Crippen LogP contribution in [0, 0.1) is 9.39 Å². The standard InChI is InChI=1S/C12H14FIN2/c13-9-5-12-11(6-10(9)14)15-7-8-3-1-2-4-16(8)12/h5-6,8,15H,1-4,7H2. The average molecular weight is 332 g/mol. The predicted octanol–water partition coefficient (Wildman–Crippen LogP) is 3.21. The van der Waals surface area contributed by atoms with Crippen LogP contribution in [0.4, 0.5) is 15.8 Å². The molecule has 16 heavy (non-hydrogen) atoms. The lowest BCUT2D eigenvalue weighted by Gasteiger charge is -2.42. The number of hydrogen-bond donors (Lipinski definition) is 1. The van der Waals surface area contributed by atoms with Crippen LogP contribution in [0.25, 0.3) is 0 Å². The molecule has 1 aromatic carbocycles. The van der Waals surface area contributed by atoms with Crippen molar-refractivity contribution in [3.05, 3.63) is 21.5 Å². The van der Waals surface area contributed by atoms with E-state index in [1.54, 1.807) is 6.07 Å². The smallest absolute Gasteiger partial charge is 0.138 e. The first-order valence-corrected chi connectivity index (χ1v) is 6.83. The van der Waals surface area contributed by atoms with E-state index in [1.165, 1.54) is 19.3 Å². The first-order chi connectivity index (χ1) is 7.75. The quantitative estimate of drug-likeness (QED) is 0.734. The molecule has 2 heterocycles. The molecule has 0 radical (unpaired) electrons. The van der Waals surface area contributed by atoms with Gasteiger partial charge in [0.05, 0.1) is 14.9 Å². The molecule has 1 unspecified atom stereocenters. The van der Waals surface area contributed by atoms with Crippen molar-refractivity contribution in [2.24, 2.45) is 0 Å². The highest BCUT2D eigenvalue weighted by Gasteiger charge is 2.28. The summed E-state index contributed by atoms with van der Waals surface area (Å²) in [5.74, 6) is -0.104. The fourth-order valence-corrected chi connectivity index (χ4v) is 3.14. The van der Waals surface area contributed by atoms with Crippen molar-refractivity contribution in [1.82, 2.24) is 0 Å². The van der Waals surface area contributed by atoms with Crippen LogP contribution in [0.5, 0.6) is 0 Å².